The predicted molar refractivity (Wildman–Crippen MR) is 102 cm³/mol. The Hall–Kier alpha value is -3.42. The molecule has 3 atom stereocenters. The molecule has 0 saturated heterocycles. The number of carboxylic acids is 1. The first-order chi connectivity index (χ1) is 13.4. The number of primary amides is 2. The van der Waals surface area contributed by atoms with Crippen LogP contribution in [-0.2, 0) is 24.0 Å². The van der Waals surface area contributed by atoms with Crippen molar-refractivity contribution in [1.82, 2.24) is 10.6 Å². The Bertz CT molecular complexity index is 649. The van der Waals surface area contributed by atoms with Crippen LogP contribution in [0.1, 0.15) is 32.1 Å². The van der Waals surface area contributed by atoms with Crippen LogP contribution in [-0.4, -0.2) is 65.3 Å². The van der Waals surface area contributed by atoms with Gasteiger partial charge in [0.05, 0.1) is 12.5 Å². The Labute approximate surface area is 166 Å². The van der Waals surface area contributed by atoms with Crippen molar-refractivity contribution in [3.63, 3.8) is 0 Å². The van der Waals surface area contributed by atoms with E-state index in [1.54, 1.807) is 0 Å². The van der Waals surface area contributed by atoms with Crippen LogP contribution in [0.4, 0.5) is 0 Å². The fourth-order valence-corrected chi connectivity index (χ4v) is 2.15. The second kappa shape index (κ2) is 12.9. The van der Waals surface area contributed by atoms with Crippen molar-refractivity contribution in [3.8, 4) is 0 Å². The van der Waals surface area contributed by atoms with E-state index >= 15 is 0 Å². The third-order valence-corrected chi connectivity index (χ3v) is 3.64. The zero-order valence-electron chi connectivity index (χ0n) is 15.8. The van der Waals surface area contributed by atoms with Crippen molar-refractivity contribution in [2.75, 3.05) is 6.54 Å². The maximum atomic E-state index is 12.4. The zero-order chi connectivity index (χ0) is 22.6. The lowest BCUT2D eigenvalue weighted by Crippen LogP contribution is -2.55. The van der Waals surface area contributed by atoms with Gasteiger partial charge in [-0.2, -0.15) is 0 Å². The standard InChI is InChI=1S/C15H28N8O6/c16-7(3-4-10(17)24)12(26)23-9(6-11(18)25)13(27)22-8(14(28)29)2-1-5-21-15(19)20/h7-9H,1-6,16H2,(H2,17,24)(H2,18,25)(H,22,27)(H,23,26)(H,28,29)(H4,19,20,21)/t7-,8-,9-/m0/s1. The molecule has 14 heteroatoms. The summed E-state index contributed by atoms with van der Waals surface area (Å²) in [6.07, 6.45) is -0.569. The maximum absolute atomic E-state index is 12.4. The van der Waals surface area contributed by atoms with Crippen LogP contribution in [0, 0.1) is 0 Å². The van der Waals surface area contributed by atoms with Crippen molar-refractivity contribution in [3.05, 3.63) is 0 Å². The molecule has 0 rings (SSSR count). The lowest BCUT2D eigenvalue weighted by atomic mass is 10.1. The second-order valence-electron chi connectivity index (χ2n) is 6.19. The Morgan fingerprint density at radius 3 is 1.93 bits per heavy atom. The summed E-state index contributed by atoms with van der Waals surface area (Å²) in [5, 5.41) is 13.7. The van der Waals surface area contributed by atoms with Gasteiger partial charge in [0, 0.05) is 13.0 Å². The SMILES string of the molecule is NC(=O)CC[C@H](N)C(=O)N[C@@H](CC(N)=O)C(=O)N[C@@H](CCCN=C(N)N)C(=O)O. The maximum Gasteiger partial charge on any atom is 0.326 e. The topological polar surface area (TPSA) is 272 Å². The van der Waals surface area contributed by atoms with Crippen molar-refractivity contribution in [1.29, 1.82) is 0 Å². The van der Waals surface area contributed by atoms with Gasteiger partial charge in [0.15, 0.2) is 5.96 Å². The molecule has 0 aliphatic heterocycles. The van der Waals surface area contributed by atoms with Crippen LogP contribution in [0.25, 0.3) is 0 Å². The summed E-state index contributed by atoms with van der Waals surface area (Å²) in [5.41, 5.74) is 26.0. The summed E-state index contributed by atoms with van der Waals surface area (Å²) in [6.45, 7) is 0.151. The van der Waals surface area contributed by atoms with E-state index in [4.69, 9.17) is 28.7 Å². The average Bonchev–Trinajstić information content (AvgIpc) is 2.60. The van der Waals surface area contributed by atoms with E-state index in [1.165, 1.54) is 0 Å². The Kier molecular flexibility index (Phi) is 11.4. The first-order valence-corrected chi connectivity index (χ1v) is 8.65. The monoisotopic (exact) mass is 416 g/mol. The van der Waals surface area contributed by atoms with Crippen LogP contribution in [0.2, 0.25) is 0 Å². The molecule has 0 aromatic heterocycles. The number of carbonyl (C=O) groups is 5. The highest BCUT2D eigenvalue weighted by atomic mass is 16.4. The molecule has 0 heterocycles. The second-order valence-corrected chi connectivity index (χ2v) is 6.19. The molecule has 164 valence electrons. The molecule has 29 heavy (non-hydrogen) atoms. The van der Waals surface area contributed by atoms with Gasteiger partial charge in [0.2, 0.25) is 23.6 Å². The number of hydrogen-bond donors (Lipinski definition) is 8. The number of nitrogens with two attached hydrogens (primary N) is 5. The first kappa shape index (κ1) is 25.6. The minimum Gasteiger partial charge on any atom is -0.480 e. The van der Waals surface area contributed by atoms with Crippen molar-refractivity contribution >= 4 is 35.6 Å². The van der Waals surface area contributed by atoms with Gasteiger partial charge in [-0.3, -0.25) is 24.2 Å². The quantitative estimate of drug-likeness (QED) is 0.0769. The van der Waals surface area contributed by atoms with Crippen LogP contribution < -0.4 is 39.3 Å². The number of nitrogens with one attached hydrogen (secondary N) is 2. The molecular formula is C15H28N8O6. The van der Waals surface area contributed by atoms with Gasteiger partial charge in [0.1, 0.15) is 12.1 Å². The predicted octanol–water partition coefficient (Wildman–Crippen LogP) is -4.44. The lowest BCUT2D eigenvalue weighted by molar-refractivity contribution is -0.142. The molecule has 0 aromatic carbocycles. The summed E-state index contributed by atoms with van der Waals surface area (Å²) < 4.78 is 0. The van der Waals surface area contributed by atoms with E-state index in [1.807, 2.05) is 0 Å². The van der Waals surface area contributed by atoms with Crippen molar-refractivity contribution < 1.29 is 29.1 Å². The molecule has 4 amide bonds. The molecule has 0 unspecified atom stereocenters. The van der Waals surface area contributed by atoms with Crippen LogP contribution in [0.5, 0.6) is 0 Å². The Morgan fingerprint density at radius 2 is 1.45 bits per heavy atom. The zero-order valence-corrected chi connectivity index (χ0v) is 15.8. The van der Waals surface area contributed by atoms with Gasteiger partial charge in [-0.25, -0.2) is 4.79 Å². The number of carboxylic acid groups (broad SMARTS) is 1. The molecular weight excluding hydrogens is 388 g/mol. The minimum absolute atomic E-state index is 0.00673. The fraction of sp³-hybridized carbons (Fsp3) is 0.600. The van der Waals surface area contributed by atoms with Crippen LogP contribution in [0.3, 0.4) is 0 Å². The summed E-state index contributed by atoms with van der Waals surface area (Å²) in [7, 11) is 0. The molecule has 0 fully saturated rings. The largest absolute Gasteiger partial charge is 0.480 e. The van der Waals surface area contributed by atoms with Gasteiger partial charge in [-0.1, -0.05) is 0 Å². The minimum atomic E-state index is -1.45. The number of rotatable bonds is 14. The van der Waals surface area contributed by atoms with Crippen LogP contribution in [0.15, 0.2) is 4.99 Å². The number of aliphatic imine (C=N–C) groups is 1. The number of nitrogens with zero attached hydrogens (tertiary/aromatic N) is 1. The van der Waals surface area contributed by atoms with Gasteiger partial charge in [-0.05, 0) is 19.3 Å². The summed E-state index contributed by atoms with van der Waals surface area (Å²) in [5.74, 6) is -4.82. The third-order valence-electron chi connectivity index (χ3n) is 3.64. The number of hydrogen-bond acceptors (Lipinski definition) is 7. The van der Waals surface area contributed by atoms with E-state index in [2.05, 4.69) is 15.6 Å². The molecule has 0 saturated carbocycles. The summed E-state index contributed by atoms with van der Waals surface area (Å²) in [6, 6.07) is -3.92. The number of aliphatic carboxylic acids is 1. The lowest BCUT2D eigenvalue weighted by Gasteiger charge is -2.22. The summed E-state index contributed by atoms with van der Waals surface area (Å²) in [4.78, 5) is 61.5. The highest BCUT2D eigenvalue weighted by Crippen LogP contribution is 2.02. The van der Waals surface area contributed by atoms with Gasteiger partial charge >= 0.3 is 5.97 Å². The normalized spacial score (nSPS) is 13.4. The molecule has 14 nitrogen and oxygen atoms in total. The smallest absolute Gasteiger partial charge is 0.326 e. The van der Waals surface area contributed by atoms with E-state index in [-0.39, 0.29) is 38.2 Å². The first-order valence-electron chi connectivity index (χ1n) is 8.65. The van der Waals surface area contributed by atoms with Gasteiger partial charge < -0.3 is 44.4 Å². The highest BCUT2D eigenvalue weighted by Gasteiger charge is 2.29. The van der Waals surface area contributed by atoms with Crippen molar-refractivity contribution in [2.24, 2.45) is 33.7 Å². The van der Waals surface area contributed by atoms with Gasteiger partial charge in [-0.15, -0.1) is 0 Å². The van der Waals surface area contributed by atoms with E-state index < -0.39 is 54.1 Å². The molecule has 0 radical (unpaired) electrons. The van der Waals surface area contributed by atoms with Crippen LogP contribution >= 0.6 is 0 Å². The molecule has 0 aromatic rings. The van der Waals surface area contributed by atoms with Gasteiger partial charge in [0.25, 0.3) is 0 Å². The van der Waals surface area contributed by atoms with E-state index in [9.17, 15) is 29.1 Å². The molecule has 0 spiro atoms. The number of amides is 4. The van der Waals surface area contributed by atoms with Crippen molar-refractivity contribution in [2.45, 2.75) is 50.2 Å². The summed E-state index contributed by atoms with van der Waals surface area (Å²) >= 11 is 0. The van der Waals surface area contributed by atoms with E-state index in [0.29, 0.717) is 0 Å². The highest BCUT2D eigenvalue weighted by molar-refractivity contribution is 5.94. The molecule has 13 N–H and O–H groups in total. The van der Waals surface area contributed by atoms with E-state index in [0.717, 1.165) is 0 Å². The Morgan fingerprint density at radius 1 is 0.862 bits per heavy atom. The average molecular weight is 416 g/mol. The third kappa shape index (κ3) is 11.8. The number of carbonyl (C=O) groups excluding carboxylic acids is 4. The fourth-order valence-electron chi connectivity index (χ4n) is 2.15. The number of guanidine groups is 1. The molecule has 0 aliphatic rings. The molecule has 0 bridgehead atoms. The Balaban J connectivity index is 4.99. The molecule has 0 aliphatic carbocycles.